The molecule has 0 spiro atoms. The summed E-state index contributed by atoms with van der Waals surface area (Å²) in [6.07, 6.45) is 3.80. The van der Waals surface area contributed by atoms with Crippen LogP contribution in [0.15, 0.2) is 35.2 Å². The Labute approximate surface area is 107 Å². The third kappa shape index (κ3) is 7.14. The molecule has 0 amide bonds. The molecular weight excluding hydrogens is 211 g/mol. The van der Waals surface area contributed by atoms with Crippen LogP contribution in [0.3, 0.4) is 0 Å². The SMILES string of the molecule is C=C/C(CC(C)CC)=C(/C)C(F)=C(C)C.CC. The molecule has 0 heterocycles. The fourth-order valence-electron chi connectivity index (χ4n) is 1.43. The Morgan fingerprint density at radius 2 is 1.71 bits per heavy atom. The maximum Gasteiger partial charge on any atom is 0.125 e. The highest BCUT2D eigenvalue weighted by atomic mass is 19.1. The van der Waals surface area contributed by atoms with Gasteiger partial charge in [-0.25, -0.2) is 4.39 Å². The Bertz CT molecular complexity index is 278. The molecule has 0 aromatic rings. The van der Waals surface area contributed by atoms with E-state index in [2.05, 4.69) is 20.4 Å². The third-order valence-electron chi connectivity index (χ3n) is 2.76. The van der Waals surface area contributed by atoms with Crippen LogP contribution >= 0.6 is 0 Å². The minimum Gasteiger partial charge on any atom is -0.207 e. The van der Waals surface area contributed by atoms with Crippen molar-refractivity contribution in [3.8, 4) is 0 Å². The van der Waals surface area contributed by atoms with Crippen LogP contribution in [0.2, 0.25) is 0 Å². The summed E-state index contributed by atoms with van der Waals surface area (Å²) >= 11 is 0. The largest absolute Gasteiger partial charge is 0.207 e. The fraction of sp³-hybridized carbons (Fsp3) is 0.625. The van der Waals surface area contributed by atoms with Gasteiger partial charge in [0.1, 0.15) is 5.83 Å². The zero-order chi connectivity index (χ0) is 14.0. The smallest absolute Gasteiger partial charge is 0.125 e. The second kappa shape index (κ2) is 10.3. The summed E-state index contributed by atoms with van der Waals surface area (Å²) in [5.41, 5.74) is 2.50. The van der Waals surface area contributed by atoms with Gasteiger partial charge in [-0.05, 0) is 49.8 Å². The maximum atomic E-state index is 13.7. The molecule has 100 valence electrons. The molecule has 0 nitrogen and oxygen atoms in total. The Balaban J connectivity index is 0. The van der Waals surface area contributed by atoms with E-state index in [0.29, 0.717) is 5.92 Å². The number of halogens is 1. The van der Waals surface area contributed by atoms with Crippen LogP contribution in [0, 0.1) is 5.92 Å². The Hall–Kier alpha value is -0.850. The van der Waals surface area contributed by atoms with Gasteiger partial charge in [-0.2, -0.15) is 0 Å². The fourth-order valence-corrected chi connectivity index (χ4v) is 1.43. The van der Waals surface area contributed by atoms with E-state index in [1.165, 1.54) is 0 Å². The Morgan fingerprint density at radius 1 is 1.24 bits per heavy atom. The van der Waals surface area contributed by atoms with Crippen molar-refractivity contribution < 1.29 is 4.39 Å². The monoisotopic (exact) mass is 240 g/mol. The van der Waals surface area contributed by atoms with Crippen LogP contribution in [0.5, 0.6) is 0 Å². The van der Waals surface area contributed by atoms with Crippen LogP contribution < -0.4 is 0 Å². The molecule has 0 saturated heterocycles. The molecule has 0 radical (unpaired) electrons. The highest BCUT2D eigenvalue weighted by Gasteiger charge is 2.08. The van der Waals surface area contributed by atoms with E-state index in [0.717, 1.165) is 29.6 Å². The molecule has 0 N–H and O–H groups in total. The summed E-state index contributed by atoms with van der Waals surface area (Å²) < 4.78 is 13.7. The number of hydrogen-bond donors (Lipinski definition) is 0. The highest BCUT2D eigenvalue weighted by molar-refractivity contribution is 5.36. The first kappa shape index (κ1) is 18.5. The zero-order valence-electron chi connectivity index (χ0n) is 12.7. The number of rotatable bonds is 5. The van der Waals surface area contributed by atoms with Crippen LogP contribution in [-0.2, 0) is 0 Å². The molecule has 0 aliphatic carbocycles. The van der Waals surface area contributed by atoms with Crippen molar-refractivity contribution in [2.45, 2.75) is 61.3 Å². The predicted molar refractivity (Wildman–Crippen MR) is 77.8 cm³/mol. The lowest BCUT2D eigenvalue weighted by molar-refractivity contribution is 0.556. The van der Waals surface area contributed by atoms with Gasteiger partial charge in [-0.3, -0.25) is 0 Å². The van der Waals surface area contributed by atoms with E-state index < -0.39 is 0 Å². The Kier molecular flexibility index (Phi) is 11.2. The van der Waals surface area contributed by atoms with E-state index in [1.807, 2.05) is 20.8 Å². The molecule has 17 heavy (non-hydrogen) atoms. The minimum atomic E-state index is -0.0896. The predicted octanol–water partition coefficient (Wildman–Crippen LogP) is 6.21. The first-order valence-electron chi connectivity index (χ1n) is 6.59. The van der Waals surface area contributed by atoms with Crippen molar-refractivity contribution in [3.05, 3.63) is 35.2 Å². The number of allylic oxidation sites excluding steroid dienone is 5. The molecule has 0 fully saturated rings. The summed E-state index contributed by atoms with van der Waals surface area (Å²) in [6.45, 7) is 17.5. The van der Waals surface area contributed by atoms with Gasteiger partial charge in [0, 0.05) is 0 Å². The van der Waals surface area contributed by atoms with E-state index in [-0.39, 0.29) is 5.83 Å². The zero-order valence-corrected chi connectivity index (χ0v) is 12.7. The maximum absolute atomic E-state index is 13.7. The summed E-state index contributed by atoms with van der Waals surface area (Å²) in [5.74, 6) is 0.492. The van der Waals surface area contributed by atoms with Crippen molar-refractivity contribution in [1.82, 2.24) is 0 Å². The first-order chi connectivity index (χ1) is 7.93. The van der Waals surface area contributed by atoms with Crippen LogP contribution in [-0.4, -0.2) is 0 Å². The standard InChI is InChI=1S/C14H23F.C2H6/c1-7-11(5)9-13(8-2)12(6)14(15)10(3)4;1-2/h8,11H,2,7,9H2,1,3-6H3;1-2H3/b13-12+;. The van der Waals surface area contributed by atoms with Crippen molar-refractivity contribution in [2.24, 2.45) is 5.92 Å². The van der Waals surface area contributed by atoms with Gasteiger partial charge in [0.2, 0.25) is 0 Å². The van der Waals surface area contributed by atoms with Gasteiger partial charge in [0.25, 0.3) is 0 Å². The highest BCUT2D eigenvalue weighted by Crippen LogP contribution is 2.25. The van der Waals surface area contributed by atoms with Crippen molar-refractivity contribution >= 4 is 0 Å². The second-order valence-corrected chi connectivity index (χ2v) is 4.39. The van der Waals surface area contributed by atoms with E-state index in [9.17, 15) is 4.39 Å². The van der Waals surface area contributed by atoms with Crippen molar-refractivity contribution in [2.75, 3.05) is 0 Å². The Morgan fingerprint density at radius 3 is 2.00 bits per heavy atom. The first-order valence-corrected chi connectivity index (χ1v) is 6.59. The topological polar surface area (TPSA) is 0 Å². The van der Waals surface area contributed by atoms with Gasteiger partial charge < -0.3 is 0 Å². The van der Waals surface area contributed by atoms with Crippen molar-refractivity contribution in [3.63, 3.8) is 0 Å². The van der Waals surface area contributed by atoms with Crippen LogP contribution in [0.1, 0.15) is 61.3 Å². The molecule has 1 heteroatoms. The molecule has 0 aromatic heterocycles. The lowest BCUT2D eigenvalue weighted by atomic mass is 9.94. The quantitative estimate of drug-likeness (QED) is 0.501. The third-order valence-corrected chi connectivity index (χ3v) is 2.76. The van der Waals surface area contributed by atoms with Crippen molar-refractivity contribution in [1.29, 1.82) is 0 Å². The average Bonchev–Trinajstić information content (AvgIpc) is 2.35. The normalized spacial score (nSPS) is 12.9. The van der Waals surface area contributed by atoms with E-state index in [1.54, 1.807) is 19.9 Å². The molecular formula is C16H29F. The molecule has 0 aliphatic rings. The number of hydrogen-bond acceptors (Lipinski definition) is 0. The molecule has 1 atom stereocenters. The van der Waals surface area contributed by atoms with Crippen LogP contribution in [0.4, 0.5) is 4.39 Å². The van der Waals surface area contributed by atoms with Gasteiger partial charge in [0.05, 0.1) is 0 Å². The van der Waals surface area contributed by atoms with Gasteiger partial charge in [-0.1, -0.05) is 46.8 Å². The second-order valence-electron chi connectivity index (χ2n) is 4.39. The summed E-state index contributed by atoms with van der Waals surface area (Å²) in [6, 6.07) is 0. The lowest BCUT2D eigenvalue weighted by Gasteiger charge is -2.12. The minimum absolute atomic E-state index is 0.0896. The van der Waals surface area contributed by atoms with Gasteiger partial charge in [-0.15, -0.1) is 0 Å². The molecule has 0 aliphatic heterocycles. The molecule has 0 saturated carbocycles. The van der Waals surface area contributed by atoms with Gasteiger partial charge in [0.15, 0.2) is 0 Å². The molecule has 0 rings (SSSR count). The molecule has 0 bridgehead atoms. The summed E-state index contributed by atoms with van der Waals surface area (Å²) in [5, 5.41) is 0. The molecule has 0 aromatic carbocycles. The molecule has 1 unspecified atom stereocenters. The van der Waals surface area contributed by atoms with Crippen LogP contribution in [0.25, 0.3) is 0 Å². The van der Waals surface area contributed by atoms with E-state index >= 15 is 0 Å². The average molecular weight is 240 g/mol. The summed E-state index contributed by atoms with van der Waals surface area (Å²) in [4.78, 5) is 0. The summed E-state index contributed by atoms with van der Waals surface area (Å²) in [7, 11) is 0. The van der Waals surface area contributed by atoms with E-state index in [4.69, 9.17) is 0 Å². The lowest BCUT2D eigenvalue weighted by Crippen LogP contribution is -1.97. The van der Waals surface area contributed by atoms with Gasteiger partial charge >= 0.3 is 0 Å².